The van der Waals surface area contributed by atoms with Gasteiger partial charge in [0.15, 0.2) is 0 Å². The van der Waals surface area contributed by atoms with Crippen molar-refractivity contribution in [3.8, 4) is 11.3 Å². The van der Waals surface area contributed by atoms with Crippen LogP contribution in [-0.4, -0.2) is 21.4 Å². The predicted molar refractivity (Wildman–Crippen MR) is 94.1 cm³/mol. The van der Waals surface area contributed by atoms with E-state index in [1.54, 1.807) is 12.1 Å². The number of halogens is 1. The largest absolute Gasteiger partial charge is 0.369 e. The van der Waals surface area contributed by atoms with Crippen molar-refractivity contribution in [3.63, 3.8) is 0 Å². The molecular formula is C18H16FN3OS. The summed E-state index contributed by atoms with van der Waals surface area (Å²) >= 11 is 1.32. The first-order chi connectivity index (χ1) is 11.6. The van der Waals surface area contributed by atoms with Gasteiger partial charge in [0.2, 0.25) is 5.91 Å². The number of hydrogen-bond donors (Lipinski definition) is 1. The second-order valence-corrected chi connectivity index (χ2v) is 6.51. The van der Waals surface area contributed by atoms with Gasteiger partial charge in [-0.05, 0) is 30.7 Å². The van der Waals surface area contributed by atoms with Gasteiger partial charge in [-0.1, -0.05) is 43.0 Å². The molecule has 2 aromatic carbocycles. The number of nitrogens with zero attached hydrogens (tertiary/aromatic N) is 2. The molecule has 0 saturated carbocycles. The van der Waals surface area contributed by atoms with E-state index in [1.807, 2.05) is 31.2 Å². The molecule has 3 aromatic rings. The first kappa shape index (κ1) is 16.4. The molecule has 1 heterocycles. The van der Waals surface area contributed by atoms with Crippen LogP contribution in [0.1, 0.15) is 13.3 Å². The zero-order valence-electron chi connectivity index (χ0n) is 13.1. The third-order valence-electron chi connectivity index (χ3n) is 3.71. The van der Waals surface area contributed by atoms with Gasteiger partial charge in [0.25, 0.3) is 0 Å². The maximum atomic E-state index is 13.2. The maximum absolute atomic E-state index is 13.2. The van der Waals surface area contributed by atoms with Crippen LogP contribution in [0.3, 0.4) is 0 Å². The Morgan fingerprint density at radius 2 is 1.79 bits per heavy atom. The number of hydrogen-bond acceptors (Lipinski definition) is 4. The molecule has 0 aliphatic heterocycles. The normalized spacial score (nSPS) is 12.2. The van der Waals surface area contributed by atoms with E-state index < -0.39 is 0 Å². The van der Waals surface area contributed by atoms with Crippen molar-refractivity contribution in [2.24, 2.45) is 5.73 Å². The quantitative estimate of drug-likeness (QED) is 0.717. The second kappa shape index (κ2) is 6.97. The van der Waals surface area contributed by atoms with Gasteiger partial charge in [-0.15, -0.1) is 10.2 Å². The smallest absolute Gasteiger partial charge is 0.230 e. The van der Waals surface area contributed by atoms with Crippen molar-refractivity contribution in [3.05, 3.63) is 54.3 Å². The number of nitrogens with two attached hydrogens (primary N) is 1. The Bertz CT molecular complexity index is 883. The Hall–Kier alpha value is -2.47. The Morgan fingerprint density at radius 3 is 2.42 bits per heavy atom. The molecule has 0 bridgehead atoms. The molecule has 1 amide bonds. The van der Waals surface area contributed by atoms with E-state index in [-0.39, 0.29) is 17.0 Å². The van der Waals surface area contributed by atoms with Crippen molar-refractivity contribution in [1.82, 2.24) is 10.2 Å². The average molecular weight is 341 g/mol. The van der Waals surface area contributed by atoms with E-state index >= 15 is 0 Å². The van der Waals surface area contributed by atoms with Crippen LogP contribution in [0.15, 0.2) is 53.6 Å². The van der Waals surface area contributed by atoms with Crippen molar-refractivity contribution in [1.29, 1.82) is 0 Å². The lowest BCUT2D eigenvalue weighted by Gasteiger charge is -2.13. The van der Waals surface area contributed by atoms with Crippen molar-refractivity contribution in [2.45, 2.75) is 23.6 Å². The minimum atomic E-state index is -0.365. The number of primary amides is 1. The van der Waals surface area contributed by atoms with Crippen LogP contribution in [0, 0.1) is 5.82 Å². The summed E-state index contributed by atoms with van der Waals surface area (Å²) in [5, 5.41) is 10.7. The molecule has 3 rings (SSSR count). The molecule has 0 spiro atoms. The standard InChI is InChI=1S/C18H16FN3OS/c1-2-15(17(20)23)24-18-14-6-4-3-5-13(14)16(21-22-18)11-7-9-12(19)10-8-11/h3-10,15H,2H2,1H3,(H2,20,23). The number of benzene rings is 2. The minimum Gasteiger partial charge on any atom is -0.369 e. The number of rotatable bonds is 5. The maximum Gasteiger partial charge on any atom is 0.230 e. The average Bonchev–Trinajstić information content (AvgIpc) is 2.60. The molecule has 0 aliphatic rings. The van der Waals surface area contributed by atoms with Gasteiger partial charge in [-0.25, -0.2) is 4.39 Å². The number of aromatic nitrogens is 2. The predicted octanol–water partition coefficient (Wildman–Crippen LogP) is 3.79. The molecule has 4 nitrogen and oxygen atoms in total. The summed E-state index contributed by atoms with van der Waals surface area (Å²) in [4.78, 5) is 11.5. The van der Waals surface area contributed by atoms with Gasteiger partial charge < -0.3 is 5.73 Å². The first-order valence-electron chi connectivity index (χ1n) is 7.57. The molecule has 122 valence electrons. The zero-order chi connectivity index (χ0) is 17.1. The topological polar surface area (TPSA) is 68.9 Å². The molecule has 0 aliphatic carbocycles. The number of thioether (sulfide) groups is 1. The van der Waals surface area contributed by atoms with E-state index in [2.05, 4.69) is 10.2 Å². The lowest BCUT2D eigenvalue weighted by molar-refractivity contribution is -0.117. The van der Waals surface area contributed by atoms with Crippen LogP contribution in [0.2, 0.25) is 0 Å². The zero-order valence-corrected chi connectivity index (χ0v) is 13.9. The van der Waals surface area contributed by atoms with Crippen molar-refractivity contribution >= 4 is 28.4 Å². The van der Waals surface area contributed by atoms with Crippen LogP contribution in [0.4, 0.5) is 4.39 Å². The fourth-order valence-electron chi connectivity index (χ4n) is 2.46. The monoisotopic (exact) mass is 341 g/mol. The lowest BCUT2D eigenvalue weighted by atomic mass is 10.1. The molecule has 6 heteroatoms. The lowest BCUT2D eigenvalue weighted by Crippen LogP contribution is -2.25. The molecule has 2 N–H and O–H groups in total. The third kappa shape index (κ3) is 3.23. The van der Waals surface area contributed by atoms with E-state index in [1.165, 1.54) is 23.9 Å². The summed E-state index contributed by atoms with van der Waals surface area (Å²) in [6.45, 7) is 1.91. The summed E-state index contributed by atoms with van der Waals surface area (Å²) in [6, 6.07) is 13.9. The fraction of sp³-hybridized carbons (Fsp3) is 0.167. The van der Waals surface area contributed by atoms with E-state index in [0.717, 1.165) is 16.3 Å². The fourth-order valence-corrected chi connectivity index (χ4v) is 3.41. The molecule has 1 unspecified atom stereocenters. The number of carbonyl (C=O) groups excluding carboxylic acids is 1. The van der Waals surface area contributed by atoms with E-state index in [4.69, 9.17) is 5.73 Å². The SMILES string of the molecule is CCC(Sc1nnc(-c2ccc(F)cc2)c2ccccc12)C(N)=O. The van der Waals surface area contributed by atoms with Gasteiger partial charge in [0.05, 0.1) is 5.25 Å². The van der Waals surface area contributed by atoms with E-state index in [0.29, 0.717) is 17.1 Å². The summed E-state index contributed by atoms with van der Waals surface area (Å²) < 4.78 is 13.2. The molecule has 1 atom stereocenters. The molecular weight excluding hydrogens is 325 g/mol. The summed E-state index contributed by atoms with van der Waals surface area (Å²) in [5.74, 6) is -0.661. The highest BCUT2D eigenvalue weighted by molar-refractivity contribution is 8.00. The Balaban J connectivity index is 2.10. The van der Waals surface area contributed by atoms with Gasteiger partial charge in [-0.3, -0.25) is 4.79 Å². The van der Waals surface area contributed by atoms with Crippen molar-refractivity contribution < 1.29 is 9.18 Å². The molecule has 24 heavy (non-hydrogen) atoms. The van der Waals surface area contributed by atoms with Gasteiger partial charge in [0.1, 0.15) is 16.5 Å². The van der Waals surface area contributed by atoms with Crippen LogP contribution in [0.25, 0.3) is 22.0 Å². The minimum absolute atomic E-state index is 0.296. The number of amides is 1. The van der Waals surface area contributed by atoms with Crippen LogP contribution >= 0.6 is 11.8 Å². The van der Waals surface area contributed by atoms with E-state index in [9.17, 15) is 9.18 Å². The summed E-state index contributed by atoms with van der Waals surface area (Å²) in [5.41, 5.74) is 6.90. The van der Waals surface area contributed by atoms with Gasteiger partial charge >= 0.3 is 0 Å². The van der Waals surface area contributed by atoms with Crippen LogP contribution in [-0.2, 0) is 4.79 Å². The van der Waals surface area contributed by atoms with Gasteiger partial charge in [-0.2, -0.15) is 0 Å². The summed E-state index contributed by atoms with van der Waals surface area (Å²) in [6.07, 6.45) is 0.621. The Morgan fingerprint density at radius 1 is 1.12 bits per heavy atom. The Kier molecular flexibility index (Phi) is 4.76. The third-order valence-corrected chi connectivity index (χ3v) is 5.09. The highest BCUT2D eigenvalue weighted by Crippen LogP contribution is 2.34. The van der Waals surface area contributed by atoms with Crippen LogP contribution < -0.4 is 5.73 Å². The van der Waals surface area contributed by atoms with Gasteiger partial charge in [0, 0.05) is 16.3 Å². The molecule has 0 radical (unpaired) electrons. The Labute approximate surface area is 143 Å². The van der Waals surface area contributed by atoms with Crippen LogP contribution in [0.5, 0.6) is 0 Å². The molecule has 0 fully saturated rings. The molecule has 1 aromatic heterocycles. The van der Waals surface area contributed by atoms with Crippen molar-refractivity contribution in [2.75, 3.05) is 0 Å². The number of carbonyl (C=O) groups is 1. The second-order valence-electron chi connectivity index (χ2n) is 5.32. The molecule has 0 saturated heterocycles. The summed E-state index contributed by atoms with van der Waals surface area (Å²) in [7, 11) is 0. The number of fused-ring (bicyclic) bond motifs is 1. The highest BCUT2D eigenvalue weighted by atomic mass is 32.2. The highest BCUT2D eigenvalue weighted by Gasteiger charge is 2.18. The first-order valence-corrected chi connectivity index (χ1v) is 8.45.